The van der Waals surface area contributed by atoms with Crippen molar-refractivity contribution in [3.8, 4) is 11.5 Å². The van der Waals surface area contributed by atoms with Gasteiger partial charge in [-0.2, -0.15) is 0 Å². The third kappa shape index (κ3) is 2.59. The zero-order chi connectivity index (χ0) is 18.5. The number of Topliss-reactive ketones (excluding diaryl/α,β-unsaturated/α-hetero) is 1. The van der Waals surface area contributed by atoms with E-state index >= 15 is 0 Å². The van der Waals surface area contributed by atoms with Gasteiger partial charge in [-0.25, -0.2) is 0 Å². The summed E-state index contributed by atoms with van der Waals surface area (Å²) in [5, 5.41) is 3.97. The molecule has 1 amide bonds. The van der Waals surface area contributed by atoms with Gasteiger partial charge in [0.15, 0.2) is 17.3 Å². The van der Waals surface area contributed by atoms with E-state index in [0.29, 0.717) is 42.6 Å². The molecule has 0 bridgehead atoms. The van der Waals surface area contributed by atoms with Crippen LogP contribution in [0.25, 0.3) is 0 Å². The van der Waals surface area contributed by atoms with E-state index in [4.69, 9.17) is 14.0 Å². The molecule has 3 aliphatic heterocycles. The van der Waals surface area contributed by atoms with Gasteiger partial charge in [-0.3, -0.25) is 19.4 Å². The third-order valence-electron chi connectivity index (χ3n) is 5.30. The van der Waals surface area contributed by atoms with Crippen molar-refractivity contribution in [2.75, 3.05) is 31.3 Å². The van der Waals surface area contributed by atoms with E-state index in [-0.39, 0.29) is 6.04 Å². The molecule has 0 radical (unpaired) electrons. The summed E-state index contributed by atoms with van der Waals surface area (Å²) in [4.78, 5) is 28.8. The molecular weight excluding hydrogens is 350 g/mol. The smallest absolute Gasteiger partial charge is 0.300 e. The molecule has 0 spiro atoms. The lowest BCUT2D eigenvalue weighted by atomic mass is 10.1. The van der Waals surface area contributed by atoms with Crippen molar-refractivity contribution < 1.29 is 23.6 Å². The molecule has 140 valence electrons. The lowest BCUT2D eigenvalue weighted by Gasteiger charge is -2.28. The fourth-order valence-electron chi connectivity index (χ4n) is 4.01. The summed E-state index contributed by atoms with van der Waals surface area (Å²) in [5.74, 6) is 0.848. The summed E-state index contributed by atoms with van der Waals surface area (Å²) < 4.78 is 16.6. The normalized spacial score (nSPS) is 21.8. The molecule has 8 heteroatoms. The number of ether oxygens (including phenoxy) is 2. The number of nitrogens with zero attached hydrogens (tertiary/aromatic N) is 3. The Morgan fingerprint density at radius 3 is 2.67 bits per heavy atom. The first-order valence-electron chi connectivity index (χ1n) is 9.09. The molecule has 27 heavy (non-hydrogen) atoms. The lowest BCUT2D eigenvalue weighted by Crippen LogP contribution is -2.40. The van der Waals surface area contributed by atoms with E-state index in [1.807, 2.05) is 13.0 Å². The van der Waals surface area contributed by atoms with Crippen LogP contribution in [0.5, 0.6) is 11.5 Å². The molecule has 8 nitrogen and oxygen atoms in total. The second-order valence-electron chi connectivity index (χ2n) is 7.06. The van der Waals surface area contributed by atoms with E-state index in [2.05, 4.69) is 10.1 Å². The van der Waals surface area contributed by atoms with Gasteiger partial charge in [0.25, 0.3) is 5.78 Å². The van der Waals surface area contributed by atoms with Crippen LogP contribution in [-0.4, -0.2) is 48.2 Å². The molecule has 1 saturated heterocycles. The second kappa shape index (κ2) is 6.09. The first-order chi connectivity index (χ1) is 13.1. The van der Waals surface area contributed by atoms with E-state index in [1.54, 1.807) is 12.1 Å². The first kappa shape index (κ1) is 16.3. The van der Waals surface area contributed by atoms with Crippen molar-refractivity contribution in [3.63, 3.8) is 0 Å². The molecule has 1 fully saturated rings. The largest absolute Gasteiger partial charge is 0.486 e. The monoisotopic (exact) mass is 369 g/mol. The van der Waals surface area contributed by atoms with Crippen molar-refractivity contribution in [1.29, 1.82) is 0 Å². The number of amides is 1. The van der Waals surface area contributed by atoms with E-state index in [9.17, 15) is 9.59 Å². The lowest BCUT2D eigenvalue weighted by molar-refractivity contribution is -0.114. The van der Waals surface area contributed by atoms with Gasteiger partial charge in [0, 0.05) is 18.7 Å². The van der Waals surface area contributed by atoms with Crippen molar-refractivity contribution in [2.45, 2.75) is 25.8 Å². The Balaban J connectivity index is 1.46. The van der Waals surface area contributed by atoms with E-state index in [0.717, 1.165) is 30.8 Å². The van der Waals surface area contributed by atoms with Crippen molar-refractivity contribution in [2.24, 2.45) is 0 Å². The second-order valence-corrected chi connectivity index (χ2v) is 7.06. The maximum absolute atomic E-state index is 12.6. The zero-order valence-electron chi connectivity index (χ0n) is 14.9. The maximum atomic E-state index is 12.6. The van der Waals surface area contributed by atoms with Gasteiger partial charge in [-0.1, -0.05) is 5.16 Å². The van der Waals surface area contributed by atoms with Crippen LogP contribution in [0.1, 0.15) is 40.7 Å². The van der Waals surface area contributed by atoms with Gasteiger partial charge < -0.3 is 14.0 Å². The first-order valence-corrected chi connectivity index (χ1v) is 9.09. The predicted molar refractivity (Wildman–Crippen MR) is 94.0 cm³/mol. The van der Waals surface area contributed by atoms with Gasteiger partial charge in [0.1, 0.15) is 13.2 Å². The number of aromatic nitrogens is 1. The highest BCUT2D eigenvalue weighted by Crippen LogP contribution is 2.41. The van der Waals surface area contributed by atoms with Crippen LogP contribution >= 0.6 is 0 Å². The number of ketones is 1. The minimum atomic E-state index is -0.522. The Bertz CT molecular complexity index is 937. The summed E-state index contributed by atoms with van der Waals surface area (Å²) in [7, 11) is 0. The molecule has 1 atom stereocenters. The number of likely N-dealkylation sites (tertiary alicyclic amines) is 1. The summed E-state index contributed by atoms with van der Waals surface area (Å²) in [5.41, 5.74) is 1.78. The van der Waals surface area contributed by atoms with Crippen LogP contribution in [0.15, 0.2) is 22.7 Å². The van der Waals surface area contributed by atoms with E-state index < -0.39 is 11.7 Å². The SMILES string of the molecule is Cc1cc(C2CCCN2CN2C(=O)C(=O)c3cc4c(cc32)OCCO4)on1. The highest BCUT2D eigenvalue weighted by atomic mass is 16.6. The Hall–Kier alpha value is -2.87. The number of aryl methyl sites for hydroxylation is 1. The van der Waals surface area contributed by atoms with Crippen LogP contribution in [0.3, 0.4) is 0 Å². The van der Waals surface area contributed by atoms with Crippen LogP contribution < -0.4 is 14.4 Å². The molecule has 0 N–H and O–H groups in total. The number of hydrogen-bond donors (Lipinski definition) is 0. The van der Waals surface area contributed by atoms with Crippen LogP contribution in [0, 0.1) is 6.92 Å². The number of carbonyl (C=O) groups is 2. The van der Waals surface area contributed by atoms with Crippen LogP contribution in [0.4, 0.5) is 5.69 Å². The minimum Gasteiger partial charge on any atom is -0.486 e. The summed E-state index contributed by atoms with van der Waals surface area (Å²) in [6.07, 6.45) is 1.92. The van der Waals surface area contributed by atoms with Crippen molar-refractivity contribution in [3.05, 3.63) is 35.2 Å². The standard InChI is InChI=1S/C19H19N3O5/c1-11-7-15(27-20-11)13-3-2-4-21(13)10-22-14-9-17-16(25-5-6-26-17)8-12(14)18(23)19(22)24/h7-9,13H,2-6,10H2,1H3. The molecule has 1 unspecified atom stereocenters. The Morgan fingerprint density at radius 1 is 1.15 bits per heavy atom. The maximum Gasteiger partial charge on any atom is 0.300 e. The average Bonchev–Trinajstić information content (AvgIpc) is 3.36. The number of benzene rings is 1. The van der Waals surface area contributed by atoms with Crippen molar-refractivity contribution in [1.82, 2.24) is 10.1 Å². The fraction of sp³-hybridized carbons (Fsp3) is 0.421. The molecular formula is C19H19N3O5. The number of anilines is 1. The molecule has 4 heterocycles. The topological polar surface area (TPSA) is 85.1 Å². The molecule has 0 aliphatic carbocycles. The molecule has 3 aliphatic rings. The number of rotatable bonds is 3. The van der Waals surface area contributed by atoms with Crippen molar-refractivity contribution >= 4 is 17.4 Å². The van der Waals surface area contributed by atoms with Gasteiger partial charge in [0.2, 0.25) is 0 Å². The quantitative estimate of drug-likeness (QED) is 0.766. The molecule has 5 rings (SSSR count). The average molecular weight is 369 g/mol. The zero-order valence-corrected chi connectivity index (χ0v) is 14.9. The number of fused-ring (bicyclic) bond motifs is 2. The van der Waals surface area contributed by atoms with Gasteiger partial charge in [0.05, 0.1) is 29.7 Å². The van der Waals surface area contributed by atoms with Gasteiger partial charge >= 0.3 is 5.91 Å². The van der Waals surface area contributed by atoms with Gasteiger partial charge in [-0.05, 0) is 25.8 Å². The molecule has 1 aromatic carbocycles. The Morgan fingerprint density at radius 2 is 1.93 bits per heavy atom. The summed E-state index contributed by atoms with van der Waals surface area (Å²) >= 11 is 0. The summed E-state index contributed by atoms with van der Waals surface area (Å²) in [6.45, 7) is 3.91. The van der Waals surface area contributed by atoms with Crippen LogP contribution in [-0.2, 0) is 4.79 Å². The molecule has 1 aromatic heterocycles. The predicted octanol–water partition coefficient (Wildman–Crippen LogP) is 2.08. The number of hydrogen-bond acceptors (Lipinski definition) is 7. The van der Waals surface area contributed by atoms with Crippen LogP contribution in [0.2, 0.25) is 0 Å². The minimum absolute atomic E-state index is 0.0513. The highest BCUT2D eigenvalue weighted by molar-refractivity contribution is 6.52. The molecule has 2 aromatic rings. The van der Waals surface area contributed by atoms with E-state index in [1.165, 1.54) is 4.90 Å². The Labute approximate surface area is 155 Å². The Kier molecular flexibility index (Phi) is 3.68. The third-order valence-corrected chi connectivity index (χ3v) is 5.30. The fourth-order valence-corrected chi connectivity index (χ4v) is 4.01. The van der Waals surface area contributed by atoms with Gasteiger partial charge in [-0.15, -0.1) is 0 Å². The highest BCUT2D eigenvalue weighted by Gasteiger charge is 2.40. The number of carbonyl (C=O) groups excluding carboxylic acids is 2. The summed E-state index contributed by atoms with van der Waals surface area (Å²) in [6, 6.07) is 5.33. The molecule has 0 saturated carbocycles.